The molecule has 0 atom stereocenters. The lowest BCUT2D eigenvalue weighted by Gasteiger charge is -2.28. The number of rotatable bonds is 7. The summed E-state index contributed by atoms with van der Waals surface area (Å²) in [7, 11) is 0. The molecule has 121 valence electrons. The standard InChI is InChI=1S/C23H23O/c24-23(18-21-12-6-2-7-13-21,19-22-14-8-3-9-15-22)17-16-20-10-4-1-5-11-20/h1-15,17,24H,16,18-19H2. The lowest BCUT2D eigenvalue weighted by atomic mass is 9.83. The predicted molar refractivity (Wildman–Crippen MR) is 99.7 cm³/mol. The Morgan fingerprint density at radius 2 is 0.958 bits per heavy atom. The number of hydrogen-bond donors (Lipinski definition) is 1. The van der Waals surface area contributed by atoms with Crippen LogP contribution in [0.25, 0.3) is 0 Å². The Labute approximate surface area is 144 Å². The van der Waals surface area contributed by atoms with E-state index in [2.05, 4.69) is 42.8 Å². The molecule has 0 heterocycles. The average Bonchev–Trinajstić information content (AvgIpc) is 2.63. The average molecular weight is 315 g/mol. The molecule has 3 aromatic rings. The van der Waals surface area contributed by atoms with E-state index in [-0.39, 0.29) is 0 Å². The smallest absolute Gasteiger partial charge is 0.0763 e. The van der Waals surface area contributed by atoms with E-state index in [0.717, 1.165) is 17.5 Å². The van der Waals surface area contributed by atoms with E-state index in [1.807, 2.05) is 54.6 Å². The molecule has 0 saturated heterocycles. The third kappa shape index (κ3) is 4.81. The molecular weight excluding hydrogens is 292 g/mol. The van der Waals surface area contributed by atoms with E-state index in [0.29, 0.717) is 12.8 Å². The molecule has 1 heteroatoms. The summed E-state index contributed by atoms with van der Waals surface area (Å²) in [5.41, 5.74) is 2.66. The van der Waals surface area contributed by atoms with Gasteiger partial charge in [-0.2, -0.15) is 0 Å². The van der Waals surface area contributed by atoms with Gasteiger partial charge in [-0.3, -0.25) is 0 Å². The number of aliphatic hydroxyl groups is 1. The molecule has 0 aliphatic heterocycles. The summed E-state index contributed by atoms with van der Waals surface area (Å²) < 4.78 is 0. The molecular formula is C23H23O. The van der Waals surface area contributed by atoms with Gasteiger partial charge in [0.25, 0.3) is 0 Å². The molecule has 1 nitrogen and oxygen atoms in total. The maximum absolute atomic E-state index is 11.3. The van der Waals surface area contributed by atoms with Gasteiger partial charge in [0.2, 0.25) is 0 Å². The van der Waals surface area contributed by atoms with Crippen molar-refractivity contribution in [2.24, 2.45) is 0 Å². The van der Waals surface area contributed by atoms with Crippen LogP contribution in [-0.4, -0.2) is 10.7 Å². The lowest BCUT2D eigenvalue weighted by Crippen LogP contribution is -2.35. The minimum atomic E-state index is -0.863. The second kappa shape index (κ2) is 7.94. The SMILES string of the molecule is OC([CH]Cc1ccccc1)(Cc1ccccc1)Cc1ccccc1. The molecule has 0 unspecified atom stereocenters. The van der Waals surface area contributed by atoms with Gasteiger partial charge in [-0.05, 0) is 29.5 Å². The Hall–Kier alpha value is -2.38. The van der Waals surface area contributed by atoms with Crippen LogP contribution in [0.2, 0.25) is 0 Å². The van der Waals surface area contributed by atoms with E-state index < -0.39 is 5.60 Å². The molecule has 3 rings (SSSR count). The third-order valence-electron chi connectivity index (χ3n) is 4.27. The van der Waals surface area contributed by atoms with Gasteiger partial charge < -0.3 is 5.11 Å². The molecule has 0 aliphatic carbocycles. The highest BCUT2D eigenvalue weighted by atomic mass is 16.3. The number of hydrogen-bond acceptors (Lipinski definition) is 1. The van der Waals surface area contributed by atoms with Crippen LogP contribution in [0.15, 0.2) is 91.0 Å². The van der Waals surface area contributed by atoms with Gasteiger partial charge in [0.1, 0.15) is 0 Å². The van der Waals surface area contributed by atoms with Gasteiger partial charge in [0.05, 0.1) is 5.60 Å². The molecule has 0 spiro atoms. The summed E-state index contributed by atoms with van der Waals surface area (Å²) in [6, 6.07) is 30.7. The van der Waals surface area contributed by atoms with E-state index in [4.69, 9.17) is 0 Å². The molecule has 0 bridgehead atoms. The minimum Gasteiger partial charge on any atom is -0.389 e. The van der Waals surface area contributed by atoms with Crippen molar-refractivity contribution in [3.05, 3.63) is 114 Å². The first-order chi connectivity index (χ1) is 11.7. The molecule has 0 aliphatic rings. The fourth-order valence-electron chi connectivity index (χ4n) is 3.03. The molecule has 1 N–H and O–H groups in total. The van der Waals surface area contributed by atoms with Gasteiger partial charge in [-0.1, -0.05) is 91.0 Å². The fourth-order valence-corrected chi connectivity index (χ4v) is 3.03. The van der Waals surface area contributed by atoms with Crippen LogP contribution >= 0.6 is 0 Å². The van der Waals surface area contributed by atoms with E-state index in [9.17, 15) is 5.11 Å². The Kier molecular flexibility index (Phi) is 5.45. The van der Waals surface area contributed by atoms with Crippen LogP contribution in [0.5, 0.6) is 0 Å². The first-order valence-corrected chi connectivity index (χ1v) is 8.42. The van der Waals surface area contributed by atoms with E-state index in [1.54, 1.807) is 0 Å². The first-order valence-electron chi connectivity index (χ1n) is 8.42. The van der Waals surface area contributed by atoms with Crippen LogP contribution in [0.4, 0.5) is 0 Å². The maximum Gasteiger partial charge on any atom is 0.0763 e. The first kappa shape index (κ1) is 16.5. The van der Waals surface area contributed by atoms with Crippen molar-refractivity contribution < 1.29 is 5.11 Å². The van der Waals surface area contributed by atoms with E-state index in [1.165, 1.54) is 5.56 Å². The quantitative estimate of drug-likeness (QED) is 0.673. The fraction of sp³-hybridized carbons (Fsp3) is 0.174. The summed E-state index contributed by atoms with van der Waals surface area (Å²) in [4.78, 5) is 0. The number of benzene rings is 3. The van der Waals surface area contributed by atoms with Gasteiger partial charge in [0, 0.05) is 12.8 Å². The largest absolute Gasteiger partial charge is 0.389 e. The normalized spacial score (nSPS) is 11.4. The molecule has 0 fully saturated rings. The van der Waals surface area contributed by atoms with Crippen molar-refractivity contribution in [1.29, 1.82) is 0 Å². The predicted octanol–water partition coefficient (Wildman–Crippen LogP) is 4.65. The molecule has 0 saturated carbocycles. The Morgan fingerprint density at radius 3 is 1.38 bits per heavy atom. The second-order valence-corrected chi connectivity index (χ2v) is 6.32. The Morgan fingerprint density at radius 1 is 0.583 bits per heavy atom. The maximum atomic E-state index is 11.3. The third-order valence-corrected chi connectivity index (χ3v) is 4.27. The van der Waals surface area contributed by atoms with Crippen LogP contribution in [0.1, 0.15) is 16.7 Å². The van der Waals surface area contributed by atoms with Crippen molar-refractivity contribution in [2.75, 3.05) is 0 Å². The zero-order chi connectivity index (χ0) is 16.7. The van der Waals surface area contributed by atoms with Gasteiger partial charge in [0.15, 0.2) is 0 Å². The second-order valence-electron chi connectivity index (χ2n) is 6.32. The molecule has 24 heavy (non-hydrogen) atoms. The highest BCUT2D eigenvalue weighted by Gasteiger charge is 2.27. The summed E-state index contributed by atoms with van der Waals surface area (Å²) >= 11 is 0. The Balaban J connectivity index is 1.76. The van der Waals surface area contributed by atoms with Crippen molar-refractivity contribution in [3.8, 4) is 0 Å². The molecule has 3 aromatic carbocycles. The van der Waals surface area contributed by atoms with Crippen molar-refractivity contribution in [2.45, 2.75) is 24.9 Å². The highest BCUT2D eigenvalue weighted by molar-refractivity contribution is 5.25. The molecule has 1 radical (unpaired) electrons. The Bertz CT molecular complexity index is 678. The zero-order valence-electron chi connectivity index (χ0n) is 13.8. The molecule has 0 aromatic heterocycles. The van der Waals surface area contributed by atoms with Crippen LogP contribution < -0.4 is 0 Å². The summed E-state index contributed by atoms with van der Waals surface area (Å²) in [5.74, 6) is 0. The summed E-state index contributed by atoms with van der Waals surface area (Å²) in [5, 5.41) is 11.3. The summed E-state index contributed by atoms with van der Waals surface area (Å²) in [6.45, 7) is 0. The monoisotopic (exact) mass is 315 g/mol. The van der Waals surface area contributed by atoms with Crippen LogP contribution in [0.3, 0.4) is 0 Å². The lowest BCUT2D eigenvalue weighted by molar-refractivity contribution is 0.0723. The van der Waals surface area contributed by atoms with Crippen LogP contribution in [0, 0.1) is 6.42 Å². The van der Waals surface area contributed by atoms with Crippen molar-refractivity contribution in [1.82, 2.24) is 0 Å². The minimum absolute atomic E-state index is 0.621. The highest BCUT2D eigenvalue weighted by Crippen LogP contribution is 2.24. The zero-order valence-corrected chi connectivity index (χ0v) is 13.8. The van der Waals surface area contributed by atoms with Gasteiger partial charge in [-0.25, -0.2) is 0 Å². The van der Waals surface area contributed by atoms with Gasteiger partial charge >= 0.3 is 0 Å². The molecule has 0 amide bonds. The van der Waals surface area contributed by atoms with Crippen molar-refractivity contribution >= 4 is 0 Å². The van der Waals surface area contributed by atoms with Crippen LogP contribution in [-0.2, 0) is 19.3 Å². The topological polar surface area (TPSA) is 20.2 Å². The van der Waals surface area contributed by atoms with Crippen molar-refractivity contribution in [3.63, 3.8) is 0 Å². The van der Waals surface area contributed by atoms with E-state index >= 15 is 0 Å². The summed E-state index contributed by atoms with van der Waals surface area (Å²) in [6.07, 6.45) is 4.06. The van der Waals surface area contributed by atoms with Gasteiger partial charge in [-0.15, -0.1) is 0 Å².